The van der Waals surface area contributed by atoms with Crippen molar-refractivity contribution >= 4 is 34.0 Å². The minimum Gasteiger partial charge on any atom is -0.316 e. The maximum Gasteiger partial charge on any atom is 0.190 e. The largest absolute Gasteiger partial charge is 0.316 e. The first-order valence-corrected chi connectivity index (χ1v) is 9.85. The van der Waals surface area contributed by atoms with Gasteiger partial charge in [0.25, 0.3) is 0 Å². The van der Waals surface area contributed by atoms with Gasteiger partial charge in [-0.3, -0.25) is 0 Å². The van der Waals surface area contributed by atoms with E-state index in [2.05, 4.69) is 16.7 Å². The third-order valence-corrected chi connectivity index (χ3v) is 5.32. The normalized spacial score (nSPS) is 11.3. The molecule has 0 saturated carbocycles. The Morgan fingerprint density at radius 3 is 2.07 bits per heavy atom. The Morgan fingerprint density at radius 2 is 1.41 bits per heavy atom. The molecule has 0 aliphatic heterocycles. The van der Waals surface area contributed by atoms with E-state index in [0.717, 1.165) is 29.0 Å². The molecule has 0 fully saturated rings. The summed E-state index contributed by atoms with van der Waals surface area (Å²) in [5, 5.41) is 2.03. The summed E-state index contributed by atoms with van der Waals surface area (Å²) in [6.45, 7) is 0.736. The van der Waals surface area contributed by atoms with Crippen LogP contribution in [0.2, 0.25) is 0 Å². The third kappa shape index (κ3) is 5.28. The highest BCUT2D eigenvalue weighted by Crippen LogP contribution is 2.22. The van der Waals surface area contributed by atoms with Gasteiger partial charge in [0.05, 0.1) is 11.4 Å². The lowest BCUT2D eigenvalue weighted by Crippen LogP contribution is -2.17. The molecule has 6 heteroatoms. The zero-order valence-corrected chi connectivity index (χ0v) is 18.0. The summed E-state index contributed by atoms with van der Waals surface area (Å²) in [5.41, 5.74) is 3.86. The summed E-state index contributed by atoms with van der Waals surface area (Å²) in [7, 11) is 0. The molecule has 4 aromatic rings. The number of rotatable bonds is 5. The first-order chi connectivity index (χ1) is 13.7. The predicted octanol–water partition coefficient (Wildman–Crippen LogP) is 6.55. The van der Waals surface area contributed by atoms with Crippen molar-refractivity contribution in [3.8, 4) is 11.3 Å². The molecule has 2 nitrogen and oxygen atoms in total. The van der Waals surface area contributed by atoms with E-state index in [9.17, 15) is 8.78 Å². The smallest absolute Gasteiger partial charge is 0.190 e. The lowest BCUT2D eigenvalue weighted by molar-refractivity contribution is 0.627. The van der Waals surface area contributed by atoms with E-state index in [1.54, 1.807) is 24.3 Å². The van der Waals surface area contributed by atoms with Crippen LogP contribution in [0.1, 0.15) is 5.56 Å². The maximum atomic E-state index is 13.3. The Labute approximate surface area is 182 Å². The van der Waals surface area contributed by atoms with Crippen molar-refractivity contribution in [1.82, 2.24) is 4.57 Å². The molecule has 3 aromatic carbocycles. The average Bonchev–Trinajstić information content (AvgIpc) is 3.12. The van der Waals surface area contributed by atoms with Crippen molar-refractivity contribution in [2.45, 2.75) is 13.0 Å². The molecular formula is C23H19BrF2N2S. The Balaban J connectivity index is 0.00000240. The third-order valence-electron chi connectivity index (χ3n) is 4.46. The maximum absolute atomic E-state index is 13.3. The van der Waals surface area contributed by atoms with Crippen LogP contribution in [0.4, 0.5) is 14.5 Å². The van der Waals surface area contributed by atoms with E-state index in [1.807, 2.05) is 23.6 Å². The van der Waals surface area contributed by atoms with Crippen LogP contribution in [-0.2, 0) is 13.0 Å². The fourth-order valence-corrected chi connectivity index (χ4v) is 3.95. The van der Waals surface area contributed by atoms with Gasteiger partial charge in [-0.25, -0.2) is 13.8 Å². The summed E-state index contributed by atoms with van der Waals surface area (Å²) in [4.78, 5) is 5.52. The zero-order chi connectivity index (χ0) is 19.3. The van der Waals surface area contributed by atoms with Gasteiger partial charge in [0.15, 0.2) is 4.80 Å². The second-order valence-corrected chi connectivity index (χ2v) is 7.22. The van der Waals surface area contributed by atoms with E-state index in [0.29, 0.717) is 5.69 Å². The van der Waals surface area contributed by atoms with Gasteiger partial charge in [-0.1, -0.05) is 30.3 Å². The van der Waals surface area contributed by atoms with Crippen molar-refractivity contribution in [1.29, 1.82) is 0 Å². The molecule has 1 heterocycles. The van der Waals surface area contributed by atoms with E-state index < -0.39 is 0 Å². The number of nitrogens with zero attached hydrogens (tertiary/aromatic N) is 2. The topological polar surface area (TPSA) is 17.3 Å². The van der Waals surface area contributed by atoms with Gasteiger partial charge in [0.1, 0.15) is 11.6 Å². The molecule has 0 aliphatic rings. The second-order valence-electron chi connectivity index (χ2n) is 6.39. The van der Waals surface area contributed by atoms with E-state index in [-0.39, 0.29) is 28.6 Å². The van der Waals surface area contributed by atoms with Crippen LogP contribution in [0.3, 0.4) is 0 Å². The Morgan fingerprint density at radius 1 is 0.793 bits per heavy atom. The molecule has 0 N–H and O–H groups in total. The number of benzene rings is 3. The van der Waals surface area contributed by atoms with E-state index in [4.69, 9.17) is 4.99 Å². The fourth-order valence-electron chi connectivity index (χ4n) is 3.00. The van der Waals surface area contributed by atoms with Gasteiger partial charge in [-0.05, 0) is 66.1 Å². The highest BCUT2D eigenvalue weighted by molar-refractivity contribution is 8.93. The van der Waals surface area contributed by atoms with E-state index in [1.165, 1.54) is 41.2 Å². The van der Waals surface area contributed by atoms with Gasteiger partial charge in [0, 0.05) is 11.9 Å². The molecule has 0 saturated heterocycles. The molecule has 1 aromatic heterocycles. The summed E-state index contributed by atoms with van der Waals surface area (Å²) < 4.78 is 28.7. The fraction of sp³-hybridized carbons (Fsp3) is 0.0870. The summed E-state index contributed by atoms with van der Waals surface area (Å²) in [6, 6.07) is 22.9. The molecule has 0 aliphatic carbocycles. The number of halogens is 3. The average molecular weight is 473 g/mol. The molecule has 0 bridgehead atoms. The van der Waals surface area contributed by atoms with E-state index >= 15 is 0 Å². The van der Waals surface area contributed by atoms with Crippen LogP contribution >= 0.6 is 28.3 Å². The predicted molar refractivity (Wildman–Crippen MR) is 120 cm³/mol. The Bertz CT molecular complexity index is 1120. The van der Waals surface area contributed by atoms with Crippen LogP contribution in [0.25, 0.3) is 11.3 Å². The van der Waals surface area contributed by atoms with Crippen LogP contribution in [-0.4, -0.2) is 4.57 Å². The van der Waals surface area contributed by atoms with Crippen molar-refractivity contribution in [3.63, 3.8) is 0 Å². The first kappa shape index (κ1) is 21.1. The number of hydrogen-bond acceptors (Lipinski definition) is 2. The van der Waals surface area contributed by atoms with Crippen molar-refractivity contribution < 1.29 is 8.78 Å². The van der Waals surface area contributed by atoms with Crippen LogP contribution in [0.5, 0.6) is 0 Å². The minimum atomic E-state index is -0.283. The quantitative estimate of drug-likeness (QED) is 0.313. The van der Waals surface area contributed by atoms with Crippen LogP contribution < -0.4 is 4.80 Å². The second kappa shape index (κ2) is 9.76. The molecule has 0 spiro atoms. The summed E-state index contributed by atoms with van der Waals surface area (Å²) >= 11 is 1.52. The standard InChI is InChI=1S/C23H18F2N2S.BrH/c24-19-8-6-18(7-9-19)22-16-28-23(26-21-12-10-20(25)11-13-21)27(22)15-14-17-4-2-1-3-5-17;/h1-13,16H,14-15H2;1H. The highest BCUT2D eigenvalue weighted by atomic mass is 79.9. The monoisotopic (exact) mass is 472 g/mol. The molecule has 0 radical (unpaired) electrons. The summed E-state index contributed by atoms with van der Waals surface area (Å²) in [6.07, 6.45) is 0.850. The molecule has 0 unspecified atom stereocenters. The van der Waals surface area contributed by atoms with Gasteiger partial charge in [-0.2, -0.15) is 0 Å². The lowest BCUT2D eigenvalue weighted by Gasteiger charge is -2.10. The molecular weight excluding hydrogens is 454 g/mol. The van der Waals surface area contributed by atoms with Crippen molar-refractivity contribution in [2.24, 2.45) is 4.99 Å². The Kier molecular flexibility index (Phi) is 7.12. The molecule has 0 amide bonds. The number of hydrogen-bond donors (Lipinski definition) is 0. The summed E-state index contributed by atoms with van der Waals surface area (Å²) in [5.74, 6) is -0.542. The number of aromatic nitrogens is 1. The van der Waals surface area contributed by atoms with Gasteiger partial charge >= 0.3 is 0 Å². The number of aryl methyl sites for hydroxylation is 1. The van der Waals surface area contributed by atoms with Crippen LogP contribution in [0, 0.1) is 11.6 Å². The van der Waals surface area contributed by atoms with Gasteiger partial charge < -0.3 is 4.57 Å². The number of thiazole rings is 1. The van der Waals surface area contributed by atoms with Crippen LogP contribution in [0.15, 0.2) is 89.2 Å². The lowest BCUT2D eigenvalue weighted by atomic mass is 10.1. The SMILES string of the molecule is Br.Fc1ccc(N=c2scc(-c3ccc(F)cc3)n2CCc2ccccc2)cc1. The van der Waals surface area contributed by atoms with Crippen molar-refractivity contribution in [3.05, 3.63) is 106 Å². The Hall–Kier alpha value is -2.57. The van der Waals surface area contributed by atoms with Crippen molar-refractivity contribution in [2.75, 3.05) is 0 Å². The van der Waals surface area contributed by atoms with Gasteiger partial charge in [-0.15, -0.1) is 28.3 Å². The molecule has 148 valence electrons. The zero-order valence-electron chi connectivity index (χ0n) is 15.5. The highest BCUT2D eigenvalue weighted by Gasteiger charge is 2.09. The van der Waals surface area contributed by atoms with Gasteiger partial charge in [0.2, 0.25) is 0 Å². The molecule has 0 atom stereocenters. The first-order valence-electron chi connectivity index (χ1n) is 8.97. The molecule has 4 rings (SSSR count). The molecule has 29 heavy (non-hydrogen) atoms. The minimum absolute atomic E-state index is 0.